The van der Waals surface area contributed by atoms with Crippen LogP contribution in [0.5, 0.6) is 5.75 Å². The highest BCUT2D eigenvalue weighted by atomic mass is 28.3. The van der Waals surface area contributed by atoms with Crippen molar-refractivity contribution in [3.63, 3.8) is 0 Å². The molecule has 30 heavy (non-hydrogen) atoms. The molecule has 0 spiro atoms. The molecule has 4 rings (SSSR count). The number of nitrogens with zero attached hydrogens (tertiary/aromatic N) is 1. The van der Waals surface area contributed by atoms with E-state index in [1.165, 1.54) is 49.5 Å². The molecule has 2 N–H and O–H groups in total. The number of ether oxygens (including phenoxy) is 1. The molecule has 0 saturated carbocycles. The molecule has 4 heteroatoms. The molecule has 0 aromatic heterocycles. The second-order valence-electron chi connectivity index (χ2n) is 9.08. The third kappa shape index (κ3) is 3.07. The Balaban J connectivity index is 2.12. The molecule has 1 heterocycles. The van der Waals surface area contributed by atoms with Crippen molar-refractivity contribution in [2.75, 3.05) is 26.9 Å². The Labute approximate surface area is 180 Å². The van der Waals surface area contributed by atoms with Gasteiger partial charge in [0.15, 0.2) is 5.71 Å². The Morgan fingerprint density at radius 1 is 0.967 bits per heavy atom. The molecule has 0 atom stereocenters. The van der Waals surface area contributed by atoms with Gasteiger partial charge in [-0.05, 0) is 70.3 Å². The summed E-state index contributed by atoms with van der Waals surface area (Å²) in [7, 11) is 4.02. The minimum atomic E-state index is -1.87. The number of rotatable bonds is 2. The van der Waals surface area contributed by atoms with Gasteiger partial charge in [-0.15, -0.1) is 0 Å². The summed E-state index contributed by atoms with van der Waals surface area (Å²) in [5, 5.41) is 2.98. The monoisotopic (exact) mass is 415 g/mol. The number of allylic oxidation sites excluding steroid dienone is 5. The molecule has 0 saturated heterocycles. The van der Waals surface area contributed by atoms with Gasteiger partial charge in [-0.1, -0.05) is 36.9 Å². The zero-order valence-electron chi connectivity index (χ0n) is 19.1. The summed E-state index contributed by atoms with van der Waals surface area (Å²) in [6.07, 6.45) is 6.93. The van der Waals surface area contributed by atoms with Gasteiger partial charge >= 0.3 is 0 Å². The molecule has 0 radical (unpaired) electrons. The Hall–Kier alpha value is -2.85. The molecule has 2 aromatic rings. The predicted octanol–water partition coefficient (Wildman–Crippen LogP) is 4.37. The van der Waals surface area contributed by atoms with Gasteiger partial charge in [0.25, 0.3) is 0 Å². The summed E-state index contributed by atoms with van der Waals surface area (Å²) in [4.78, 5) is 0. The van der Waals surface area contributed by atoms with E-state index in [1.807, 2.05) is 0 Å². The molecule has 0 unspecified atom stereocenters. The lowest BCUT2D eigenvalue weighted by Gasteiger charge is -2.38. The predicted molar refractivity (Wildman–Crippen MR) is 131 cm³/mol. The van der Waals surface area contributed by atoms with Crippen molar-refractivity contribution in [1.82, 2.24) is 0 Å². The van der Waals surface area contributed by atoms with Crippen LogP contribution in [-0.4, -0.2) is 39.6 Å². The summed E-state index contributed by atoms with van der Waals surface area (Å²) in [5.74, 6) is 0.731. The maximum atomic E-state index is 6.35. The largest absolute Gasteiger partial charge is 0.495 e. The average Bonchev–Trinajstić information content (AvgIpc) is 2.70. The number of methoxy groups -OCH3 is 1. The molecule has 2 aromatic carbocycles. The van der Waals surface area contributed by atoms with Crippen LogP contribution in [0.15, 0.2) is 59.3 Å². The summed E-state index contributed by atoms with van der Waals surface area (Å²) in [6, 6.07) is 11.1. The first-order chi connectivity index (χ1) is 14.1. The molecule has 0 fully saturated rings. The van der Waals surface area contributed by atoms with Crippen molar-refractivity contribution in [1.29, 1.82) is 0 Å². The van der Waals surface area contributed by atoms with Gasteiger partial charge in [-0.25, -0.2) is 4.58 Å². The molecule has 1 aliphatic heterocycles. The van der Waals surface area contributed by atoms with E-state index < -0.39 is 8.07 Å². The van der Waals surface area contributed by atoms with E-state index in [-0.39, 0.29) is 0 Å². The smallest absolute Gasteiger partial charge is 0.199 e. The van der Waals surface area contributed by atoms with Crippen LogP contribution in [0.4, 0.5) is 5.69 Å². The van der Waals surface area contributed by atoms with E-state index in [4.69, 9.17) is 10.5 Å². The summed E-state index contributed by atoms with van der Waals surface area (Å²) in [5.41, 5.74) is 15.9. The molecule has 154 valence electrons. The van der Waals surface area contributed by atoms with E-state index >= 15 is 0 Å². The van der Waals surface area contributed by atoms with Gasteiger partial charge in [0.1, 0.15) is 27.9 Å². The maximum Gasteiger partial charge on any atom is 0.199 e. The Bertz CT molecular complexity index is 1190. The quantitative estimate of drug-likeness (QED) is 0.449. The highest BCUT2D eigenvalue weighted by molar-refractivity contribution is 6.98. The molecule has 3 nitrogen and oxygen atoms in total. The van der Waals surface area contributed by atoms with Gasteiger partial charge in [0.05, 0.1) is 12.8 Å². The van der Waals surface area contributed by atoms with Crippen molar-refractivity contribution >= 4 is 30.2 Å². The third-order valence-electron chi connectivity index (χ3n) is 6.43. The fourth-order valence-electron chi connectivity index (χ4n) is 4.66. The number of hydrogen-bond donors (Lipinski definition) is 1. The molecular formula is C26H31N2OSi+. The standard InChI is InChI=1S/C26H31N2OSi/c1-16-8-10-19-24(12-16)30(6,7)25-14-18(28(3)4)9-11-20(25)26(19)21-15-22(27)23(29-5)13-17(21)2/h8-15H,27H2,1-7H3/q+1. The first-order valence-electron chi connectivity index (χ1n) is 10.4. The van der Waals surface area contributed by atoms with E-state index in [0.717, 1.165) is 5.75 Å². The van der Waals surface area contributed by atoms with Crippen molar-refractivity contribution < 1.29 is 9.31 Å². The number of anilines is 1. The minimum Gasteiger partial charge on any atom is -0.495 e. The maximum absolute atomic E-state index is 6.35. The van der Waals surface area contributed by atoms with E-state index in [9.17, 15) is 0 Å². The summed E-state index contributed by atoms with van der Waals surface area (Å²) >= 11 is 0. The van der Waals surface area contributed by atoms with Gasteiger partial charge < -0.3 is 10.5 Å². The lowest BCUT2D eigenvalue weighted by atomic mass is 9.87. The third-order valence-corrected chi connectivity index (χ3v) is 9.95. The Kier molecular flexibility index (Phi) is 4.86. The van der Waals surface area contributed by atoms with Crippen LogP contribution in [0.25, 0.3) is 5.57 Å². The summed E-state index contributed by atoms with van der Waals surface area (Å²) < 4.78 is 7.65. The zero-order valence-corrected chi connectivity index (χ0v) is 20.1. The van der Waals surface area contributed by atoms with Gasteiger partial charge in [0.2, 0.25) is 0 Å². The summed E-state index contributed by atoms with van der Waals surface area (Å²) in [6.45, 7) is 9.27. The van der Waals surface area contributed by atoms with Gasteiger partial charge in [0, 0.05) is 12.2 Å². The highest BCUT2D eigenvalue weighted by Crippen LogP contribution is 2.43. The average molecular weight is 416 g/mol. The normalized spacial score (nSPS) is 16.8. The fourth-order valence-corrected chi connectivity index (χ4v) is 7.81. The first-order valence-corrected chi connectivity index (χ1v) is 13.4. The van der Waals surface area contributed by atoms with Crippen molar-refractivity contribution in [3.05, 3.63) is 81.6 Å². The number of nitrogen functional groups attached to an aromatic ring is 1. The van der Waals surface area contributed by atoms with Crippen LogP contribution in [0.1, 0.15) is 22.3 Å². The molecule has 0 bridgehead atoms. The Morgan fingerprint density at radius 3 is 2.37 bits per heavy atom. The molecule has 0 amide bonds. The zero-order chi connectivity index (χ0) is 21.8. The van der Waals surface area contributed by atoms with Crippen LogP contribution < -0.4 is 15.7 Å². The van der Waals surface area contributed by atoms with Crippen LogP contribution in [0, 0.1) is 13.8 Å². The van der Waals surface area contributed by atoms with Crippen LogP contribution >= 0.6 is 0 Å². The minimum absolute atomic E-state index is 0.674. The number of nitrogens with two attached hydrogens (primary N) is 1. The Morgan fingerprint density at radius 2 is 1.70 bits per heavy atom. The molecule has 2 aliphatic rings. The van der Waals surface area contributed by atoms with Crippen molar-refractivity contribution in [3.8, 4) is 5.75 Å². The van der Waals surface area contributed by atoms with Gasteiger partial charge in [-0.2, -0.15) is 0 Å². The topological polar surface area (TPSA) is 38.3 Å². The van der Waals surface area contributed by atoms with Crippen LogP contribution in [0.2, 0.25) is 13.1 Å². The number of aryl methyl sites for hydroxylation is 2. The highest BCUT2D eigenvalue weighted by Gasteiger charge is 2.40. The van der Waals surface area contributed by atoms with E-state index in [0.29, 0.717) is 5.69 Å². The fraction of sp³-hybridized carbons (Fsp3) is 0.269. The molecule has 1 aliphatic carbocycles. The van der Waals surface area contributed by atoms with Crippen LogP contribution in [-0.2, 0) is 0 Å². The number of fused-ring (bicyclic) bond motifs is 2. The van der Waals surface area contributed by atoms with Gasteiger partial charge in [-0.3, -0.25) is 0 Å². The molecular weight excluding hydrogens is 384 g/mol. The SMILES string of the molecule is COc1cc(C)c(C2=C3C=CC(=[N+](C)C)C=C3[Si](C)(C)c3cc(C)ccc32)cc1N. The number of benzene rings is 2. The van der Waals surface area contributed by atoms with E-state index in [2.05, 4.69) is 94.2 Å². The van der Waals surface area contributed by atoms with Crippen LogP contribution in [0.3, 0.4) is 0 Å². The van der Waals surface area contributed by atoms with Crippen molar-refractivity contribution in [2.45, 2.75) is 26.9 Å². The van der Waals surface area contributed by atoms with Crippen molar-refractivity contribution in [2.24, 2.45) is 0 Å². The number of hydrogen-bond acceptors (Lipinski definition) is 2. The first kappa shape index (κ1) is 20.4. The second-order valence-corrected chi connectivity index (χ2v) is 13.4. The van der Waals surface area contributed by atoms with E-state index in [1.54, 1.807) is 7.11 Å². The lowest BCUT2D eigenvalue weighted by Crippen LogP contribution is -2.49. The lowest BCUT2D eigenvalue weighted by molar-refractivity contribution is -0.462. The second kappa shape index (κ2) is 7.13.